The molecular weight excluding hydrogens is 540 g/mol. The summed E-state index contributed by atoms with van der Waals surface area (Å²) in [5.41, 5.74) is 0.864. The van der Waals surface area contributed by atoms with Crippen LogP contribution in [0.25, 0.3) is 0 Å². The molecule has 0 fully saturated rings. The van der Waals surface area contributed by atoms with E-state index in [4.69, 9.17) is 58.0 Å². The highest BCUT2D eigenvalue weighted by atomic mass is 35.5. The molecule has 0 unspecified atom stereocenters. The number of rotatable bonds is 7. The van der Waals surface area contributed by atoms with Gasteiger partial charge in [0.15, 0.2) is 5.16 Å². The lowest BCUT2D eigenvalue weighted by Gasteiger charge is -2.09. The van der Waals surface area contributed by atoms with Crippen LogP contribution in [0.2, 0.25) is 25.1 Å². The number of nitrogens with one attached hydrogen (secondary N) is 2. The first kappa shape index (κ1) is 25.0. The lowest BCUT2D eigenvalue weighted by atomic mass is 10.3. The monoisotopic (exact) mass is 551 g/mol. The number of thioether (sulfide) groups is 1. The van der Waals surface area contributed by atoms with Crippen LogP contribution in [0, 0.1) is 0 Å². The first-order valence-electron chi connectivity index (χ1n) is 8.84. The van der Waals surface area contributed by atoms with Crippen molar-refractivity contribution in [2.45, 2.75) is 11.6 Å². The van der Waals surface area contributed by atoms with Crippen LogP contribution >= 0.6 is 69.8 Å². The fourth-order valence-corrected chi connectivity index (χ4v) is 4.10. The van der Waals surface area contributed by atoms with Gasteiger partial charge in [0.05, 0.1) is 43.0 Å². The van der Waals surface area contributed by atoms with Crippen molar-refractivity contribution in [3.05, 3.63) is 61.3 Å². The van der Waals surface area contributed by atoms with Gasteiger partial charge in [-0.2, -0.15) is 0 Å². The van der Waals surface area contributed by atoms with Crippen molar-refractivity contribution in [2.75, 3.05) is 16.4 Å². The minimum absolute atomic E-state index is 0.0185. The molecule has 2 aromatic carbocycles. The Morgan fingerprint density at radius 3 is 2.28 bits per heavy atom. The summed E-state index contributed by atoms with van der Waals surface area (Å²) in [5, 5.41) is 15.5. The Labute approximate surface area is 212 Å². The molecule has 2 N–H and O–H groups in total. The maximum absolute atomic E-state index is 12.3. The molecule has 0 spiro atoms. The van der Waals surface area contributed by atoms with Crippen molar-refractivity contribution < 1.29 is 9.59 Å². The van der Waals surface area contributed by atoms with E-state index < -0.39 is 0 Å². The number of aromatic nitrogens is 3. The second kappa shape index (κ2) is 11.0. The third kappa shape index (κ3) is 6.43. The van der Waals surface area contributed by atoms with Gasteiger partial charge in [0.25, 0.3) is 0 Å². The van der Waals surface area contributed by atoms with Crippen LogP contribution in [0.3, 0.4) is 0 Å². The quantitative estimate of drug-likeness (QED) is 0.277. The summed E-state index contributed by atoms with van der Waals surface area (Å²) in [6.07, 6.45) is -0.0185. The van der Waals surface area contributed by atoms with Crippen LogP contribution in [0.15, 0.2) is 35.5 Å². The molecule has 0 aliphatic heterocycles. The first-order chi connectivity index (χ1) is 15.1. The zero-order valence-corrected chi connectivity index (χ0v) is 20.9. The molecule has 0 radical (unpaired) electrons. The molecule has 7 nitrogen and oxygen atoms in total. The number of hydrogen-bond donors (Lipinski definition) is 2. The van der Waals surface area contributed by atoms with Gasteiger partial charge in [-0.15, -0.1) is 10.2 Å². The van der Waals surface area contributed by atoms with Crippen LogP contribution in [0.4, 0.5) is 11.4 Å². The molecule has 0 bridgehead atoms. The van der Waals surface area contributed by atoms with Crippen LogP contribution in [-0.2, 0) is 23.1 Å². The maximum Gasteiger partial charge on any atom is 0.234 e. The van der Waals surface area contributed by atoms with E-state index >= 15 is 0 Å². The molecule has 0 aliphatic rings. The largest absolute Gasteiger partial charge is 0.326 e. The average molecular weight is 554 g/mol. The smallest absolute Gasteiger partial charge is 0.234 e. The predicted octanol–water partition coefficient (Wildman–Crippen LogP) is 5.99. The number of nitrogens with zero attached hydrogens (tertiary/aromatic N) is 3. The van der Waals surface area contributed by atoms with E-state index in [1.54, 1.807) is 29.8 Å². The van der Waals surface area contributed by atoms with E-state index in [0.29, 0.717) is 37.4 Å². The number of amides is 2. The van der Waals surface area contributed by atoms with Gasteiger partial charge in [0, 0.05) is 12.7 Å². The van der Waals surface area contributed by atoms with Gasteiger partial charge in [-0.05, 0) is 30.3 Å². The zero-order valence-electron chi connectivity index (χ0n) is 16.3. The third-order valence-electron chi connectivity index (χ3n) is 4.06. The summed E-state index contributed by atoms with van der Waals surface area (Å²) < 4.78 is 1.64. The van der Waals surface area contributed by atoms with Crippen LogP contribution in [0.5, 0.6) is 0 Å². The molecule has 0 saturated heterocycles. The van der Waals surface area contributed by atoms with Gasteiger partial charge in [-0.3, -0.25) is 9.59 Å². The number of halogens is 5. The van der Waals surface area contributed by atoms with Crippen LogP contribution in [-0.4, -0.2) is 32.3 Å². The number of carbonyl (C=O) groups excluding carboxylic acids is 2. The molecule has 0 atom stereocenters. The van der Waals surface area contributed by atoms with Crippen molar-refractivity contribution in [2.24, 2.45) is 7.05 Å². The van der Waals surface area contributed by atoms with Crippen LogP contribution < -0.4 is 10.6 Å². The Hall–Kier alpha value is -1.68. The fourth-order valence-electron chi connectivity index (χ4n) is 2.48. The molecule has 13 heteroatoms. The highest BCUT2D eigenvalue weighted by molar-refractivity contribution is 7.99. The lowest BCUT2D eigenvalue weighted by molar-refractivity contribution is -0.116. The van der Waals surface area contributed by atoms with Crippen molar-refractivity contribution >= 4 is 93.0 Å². The highest BCUT2D eigenvalue weighted by Crippen LogP contribution is 2.32. The molecule has 3 rings (SSSR count). The Bertz CT molecular complexity index is 1190. The molecule has 32 heavy (non-hydrogen) atoms. The molecule has 2 amide bonds. The number of hydrogen-bond acceptors (Lipinski definition) is 5. The van der Waals surface area contributed by atoms with E-state index in [9.17, 15) is 9.59 Å². The van der Waals surface area contributed by atoms with Crippen molar-refractivity contribution in [1.82, 2.24) is 14.8 Å². The number of benzene rings is 2. The molecular formula is C19H14Cl5N5O2S. The molecule has 0 saturated carbocycles. The SMILES string of the molecule is Cn1c(CC(=O)Nc2ccc(Cl)c(Cl)c2)nnc1SCC(=O)Nc1cc(Cl)c(Cl)cc1Cl. The zero-order chi connectivity index (χ0) is 23.4. The summed E-state index contributed by atoms with van der Waals surface area (Å²) >= 11 is 30.9. The van der Waals surface area contributed by atoms with Crippen molar-refractivity contribution in [1.29, 1.82) is 0 Å². The number of carbonyl (C=O) groups is 2. The van der Waals surface area contributed by atoms with E-state index in [1.807, 2.05) is 0 Å². The summed E-state index contributed by atoms with van der Waals surface area (Å²) in [6, 6.07) is 7.71. The van der Waals surface area contributed by atoms with Gasteiger partial charge in [0.1, 0.15) is 5.82 Å². The van der Waals surface area contributed by atoms with E-state index in [-0.39, 0.29) is 34.0 Å². The molecule has 1 aromatic heterocycles. The summed E-state index contributed by atoms with van der Waals surface area (Å²) in [4.78, 5) is 24.6. The van der Waals surface area contributed by atoms with E-state index in [1.165, 1.54) is 12.1 Å². The summed E-state index contributed by atoms with van der Waals surface area (Å²) in [7, 11) is 1.71. The molecule has 168 valence electrons. The minimum Gasteiger partial charge on any atom is -0.326 e. The second-order valence-electron chi connectivity index (χ2n) is 6.39. The fraction of sp³-hybridized carbons (Fsp3) is 0.158. The maximum atomic E-state index is 12.3. The minimum atomic E-state index is -0.322. The van der Waals surface area contributed by atoms with Crippen LogP contribution in [0.1, 0.15) is 5.82 Å². The summed E-state index contributed by atoms with van der Waals surface area (Å²) in [6.45, 7) is 0. The topological polar surface area (TPSA) is 88.9 Å². The Morgan fingerprint density at radius 1 is 0.875 bits per heavy atom. The second-order valence-corrected chi connectivity index (χ2v) is 9.37. The Kier molecular flexibility index (Phi) is 8.55. The Balaban J connectivity index is 1.56. The van der Waals surface area contributed by atoms with Crippen molar-refractivity contribution in [3.63, 3.8) is 0 Å². The van der Waals surface area contributed by atoms with Gasteiger partial charge >= 0.3 is 0 Å². The molecule has 3 aromatic rings. The standard InChI is InChI=1S/C19H14Cl5N5O2S/c1-29-16(7-17(30)25-9-2-3-10(20)11(21)4-9)27-28-19(29)32-8-18(31)26-15-6-13(23)12(22)5-14(15)24/h2-6H,7-8H2,1H3,(H,25,30)(H,26,31). The van der Waals surface area contributed by atoms with E-state index in [2.05, 4.69) is 20.8 Å². The first-order valence-corrected chi connectivity index (χ1v) is 11.7. The normalized spacial score (nSPS) is 10.8. The molecule has 0 aliphatic carbocycles. The van der Waals surface area contributed by atoms with Gasteiger partial charge < -0.3 is 15.2 Å². The lowest BCUT2D eigenvalue weighted by Crippen LogP contribution is -2.17. The van der Waals surface area contributed by atoms with Gasteiger partial charge in [-0.1, -0.05) is 69.8 Å². The van der Waals surface area contributed by atoms with Gasteiger partial charge in [0.2, 0.25) is 11.8 Å². The van der Waals surface area contributed by atoms with Crippen molar-refractivity contribution in [3.8, 4) is 0 Å². The highest BCUT2D eigenvalue weighted by Gasteiger charge is 2.16. The average Bonchev–Trinajstić information content (AvgIpc) is 3.06. The Morgan fingerprint density at radius 2 is 1.56 bits per heavy atom. The molecule has 1 heterocycles. The third-order valence-corrected chi connectivity index (χ3v) is 6.86. The summed E-state index contributed by atoms with van der Waals surface area (Å²) in [5.74, 6) is -0.157. The van der Waals surface area contributed by atoms with Gasteiger partial charge in [-0.25, -0.2) is 0 Å². The number of anilines is 2. The van der Waals surface area contributed by atoms with E-state index in [0.717, 1.165) is 11.8 Å². The predicted molar refractivity (Wildman–Crippen MR) is 131 cm³/mol.